The first-order valence-electron chi connectivity index (χ1n) is 7.40. The average molecular weight is 358 g/mol. The molecule has 0 aliphatic rings. The maximum absolute atomic E-state index is 5.85. The normalized spacial score (nSPS) is 10.4. The topological polar surface area (TPSA) is 91.5 Å². The standard InChI is InChI=1S/C17H18N4O3S/c1-22-12-7-10(8-13(23-2)16(12)24-3)19-15-9-11(20-17(18)21-15)14-5-4-6-25-14/h4-9H,1-3H3,(H3,18,19,20,21). The van der Waals surface area contributed by atoms with Crippen molar-refractivity contribution in [1.82, 2.24) is 9.97 Å². The van der Waals surface area contributed by atoms with Crippen LogP contribution >= 0.6 is 11.3 Å². The van der Waals surface area contributed by atoms with Crippen molar-refractivity contribution in [3.8, 4) is 27.8 Å². The van der Waals surface area contributed by atoms with Crippen molar-refractivity contribution in [2.45, 2.75) is 0 Å². The van der Waals surface area contributed by atoms with Crippen molar-refractivity contribution in [2.24, 2.45) is 0 Å². The summed E-state index contributed by atoms with van der Waals surface area (Å²) >= 11 is 1.59. The first-order chi connectivity index (χ1) is 12.1. The molecule has 0 amide bonds. The first kappa shape index (κ1) is 16.8. The molecular formula is C17H18N4O3S. The molecule has 0 spiro atoms. The molecule has 0 saturated carbocycles. The Morgan fingerprint density at radius 3 is 2.28 bits per heavy atom. The number of anilines is 3. The molecule has 3 N–H and O–H groups in total. The van der Waals surface area contributed by atoms with E-state index in [2.05, 4.69) is 15.3 Å². The molecule has 0 saturated heterocycles. The molecule has 0 bridgehead atoms. The minimum atomic E-state index is 0.195. The summed E-state index contributed by atoms with van der Waals surface area (Å²) in [5.74, 6) is 2.39. The number of hydrogen-bond donors (Lipinski definition) is 2. The van der Waals surface area contributed by atoms with Crippen LogP contribution in [0, 0.1) is 0 Å². The van der Waals surface area contributed by atoms with Crippen molar-refractivity contribution in [2.75, 3.05) is 32.4 Å². The van der Waals surface area contributed by atoms with E-state index < -0.39 is 0 Å². The van der Waals surface area contributed by atoms with Crippen molar-refractivity contribution in [3.63, 3.8) is 0 Å². The molecule has 25 heavy (non-hydrogen) atoms. The van der Waals surface area contributed by atoms with Gasteiger partial charge in [0.15, 0.2) is 11.5 Å². The number of aromatic nitrogens is 2. The Balaban J connectivity index is 1.97. The van der Waals surface area contributed by atoms with Gasteiger partial charge in [0.2, 0.25) is 11.7 Å². The van der Waals surface area contributed by atoms with Crippen LogP contribution in [0.5, 0.6) is 17.2 Å². The minimum absolute atomic E-state index is 0.195. The molecule has 3 aromatic rings. The molecule has 7 nitrogen and oxygen atoms in total. The van der Waals surface area contributed by atoms with Gasteiger partial charge in [-0.3, -0.25) is 0 Å². The molecule has 2 heterocycles. The van der Waals surface area contributed by atoms with Gasteiger partial charge in [-0.05, 0) is 11.4 Å². The first-order valence-corrected chi connectivity index (χ1v) is 8.28. The Morgan fingerprint density at radius 2 is 1.72 bits per heavy atom. The Hall–Kier alpha value is -3.00. The van der Waals surface area contributed by atoms with Gasteiger partial charge in [-0.25, -0.2) is 4.98 Å². The van der Waals surface area contributed by atoms with E-state index in [1.54, 1.807) is 44.8 Å². The SMILES string of the molecule is COc1cc(Nc2cc(-c3cccs3)nc(N)n2)cc(OC)c1OC. The Bertz CT molecular complexity index is 843. The summed E-state index contributed by atoms with van der Waals surface area (Å²) in [5.41, 5.74) is 7.34. The highest BCUT2D eigenvalue weighted by Crippen LogP contribution is 2.40. The Kier molecular flexibility index (Phi) is 4.90. The van der Waals surface area contributed by atoms with E-state index in [-0.39, 0.29) is 5.95 Å². The molecule has 1 aromatic carbocycles. The van der Waals surface area contributed by atoms with Crippen molar-refractivity contribution in [3.05, 3.63) is 35.7 Å². The maximum Gasteiger partial charge on any atom is 0.222 e. The molecule has 3 rings (SSSR count). The quantitative estimate of drug-likeness (QED) is 0.696. The fraction of sp³-hybridized carbons (Fsp3) is 0.176. The summed E-state index contributed by atoms with van der Waals surface area (Å²) in [4.78, 5) is 9.54. The number of methoxy groups -OCH3 is 3. The predicted molar refractivity (Wildman–Crippen MR) is 99.1 cm³/mol. The number of nitrogens with two attached hydrogens (primary N) is 1. The summed E-state index contributed by atoms with van der Waals surface area (Å²) < 4.78 is 16.1. The lowest BCUT2D eigenvalue weighted by Crippen LogP contribution is -2.02. The molecule has 0 radical (unpaired) electrons. The molecule has 2 aromatic heterocycles. The van der Waals surface area contributed by atoms with E-state index in [9.17, 15) is 0 Å². The number of hydrogen-bond acceptors (Lipinski definition) is 8. The molecule has 0 aliphatic heterocycles. The Labute approximate surface area is 149 Å². The summed E-state index contributed by atoms with van der Waals surface area (Å²) in [6, 6.07) is 9.38. The number of ether oxygens (including phenoxy) is 3. The third kappa shape index (κ3) is 3.58. The van der Waals surface area contributed by atoms with Gasteiger partial charge in [-0.1, -0.05) is 6.07 Å². The highest BCUT2D eigenvalue weighted by Gasteiger charge is 2.14. The lowest BCUT2D eigenvalue weighted by atomic mass is 10.2. The smallest absolute Gasteiger partial charge is 0.222 e. The fourth-order valence-corrected chi connectivity index (χ4v) is 3.07. The van der Waals surface area contributed by atoms with Gasteiger partial charge in [0.05, 0.1) is 31.9 Å². The van der Waals surface area contributed by atoms with E-state index in [1.807, 2.05) is 23.6 Å². The number of benzene rings is 1. The lowest BCUT2D eigenvalue weighted by molar-refractivity contribution is 0.324. The number of thiophene rings is 1. The van der Waals surface area contributed by atoms with Gasteiger partial charge < -0.3 is 25.3 Å². The summed E-state index contributed by atoms with van der Waals surface area (Å²) in [7, 11) is 4.70. The van der Waals surface area contributed by atoms with E-state index in [4.69, 9.17) is 19.9 Å². The second-order valence-corrected chi connectivity index (χ2v) is 5.96. The highest BCUT2D eigenvalue weighted by molar-refractivity contribution is 7.13. The minimum Gasteiger partial charge on any atom is -0.493 e. The third-order valence-electron chi connectivity index (χ3n) is 3.45. The van der Waals surface area contributed by atoms with Crippen LogP contribution in [0.2, 0.25) is 0 Å². The molecule has 0 unspecified atom stereocenters. The molecule has 130 valence electrons. The van der Waals surface area contributed by atoms with Gasteiger partial charge in [-0.2, -0.15) is 4.98 Å². The largest absolute Gasteiger partial charge is 0.493 e. The third-order valence-corrected chi connectivity index (χ3v) is 4.35. The van der Waals surface area contributed by atoms with Gasteiger partial charge in [0.1, 0.15) is 5.82 Å². The maximum atomic E-state index is 5.85. The lowest BCUT2D eigenvalue weighted by Gasteiger charge is -2.15. The van der Waals surface area contributed by atoms with E-state index >= 15 is 0 Å². The van der Waals surface area contributed by atoms with Gasteiger partial charge in [0.25, 0.3) is 0 Å². The van der Waals surface area contributed by atoms with Crippen LogP contribution in [0.4, 0.5) is 17.5 Å². The summed E-state index contributed by atoms with van der Waals surface area (Å²) in [6.45, 7) is 0. The zero-order valence-electron chi connectivity index (χ0n) is 14.1. The van der Waals surface area contributed by atoms with E-state index in [0.29, 0.717) is 23.1 Å². The average Bonchev–Trinajstić information content (AvgIpc) is 3.15. The fourth-order valence-electron chi connectivity index (χ4n) is 2.38. The van der Waals surface area contributed by atoms with Crippen LogP contribution in [-0.4, -0.2) is 31.3 Å². The molecule has 0 fully saturated rings. The van der Waals surface area contributed by atoms with E-state index in [1.165, 1.54) is 0 Å². The number of nitrogens with one attached hydrogen (secondary N) is 1. The monoisotopic (exact) mass is 358 g/mol. The molecule has 0 aliphatic carbocycles. The van der Waals surface area contributed by atoms with Crippen LogP contribution in [0.1, 0.15) is 0 Å². The second-order valence-electron chi connectivity index (χ2n) is 5.01. The summed E-state index contributed by atoms with van der Waals surface area (Å²) in [5, 5.41) is 5.19. The molecule has 0 atom stereocenters. The van der Waals surface area contributed by atoms with Crippen LogP contribution in [0.15, 0.2) is 35.7 Å². The Morgan fingerprint density at radius 1 is 1.00 bits per heavy atom. The number of rotatable bonds is 6. The van der Waals surface area contributed by atoms with Crippen molar-refractivity contribution < 1.29 is 14.2 Å². The highest BCUT2D eigenvalue weighted by atomic mass is 32.1. The zero-order valence-corrected chi connectivity index (χ0v) is 14.9. The second kappa shape index (κ2) is 7.27. The summed E-state index contributed by atoms with van der Waals surface area (Å²) in [6.07, 6.45) is 0. The van der Waals surface area contributed by atoms with Gasteiger partial charge >= 0.3 is 0 Å². The van der Waals surface area contributed by atoms with Crippen LogP contribution < -0.4 is 25.3 Å². The van der Waals surface area contributed by atoms with Crippen LogP contribution in [-0.2, 0) is 0 Å². The van der Waals surface area contributed by atoms with Crippen LogP contribution in [0.25, 0.3) is 10.6 Å². The number of nitrogens with zero attached hydrogens (tertiary/aromatic N) is 2. The van der Waals surface area contributed by atoms with Gasteiger partial charge in [-0.15, -0.1) is 11.3 Å². The van der Waals surface area contributed by atoms with Crippen molar-refractivity contribution >= 4 is 28.8 Å². The van der Waals surface area contributed by atoms with Gasteiger partial charge in [0, 0.05) is 23.9 Å². The van der Waals surface area contributed by atoms with E-state index in [0.717, 1.165) is 16.3 Å². The zero-order chi connectivity index (χ0) is 17.8. The molecule has 8 heteroatoms. The predicted octanol–water partition coefficient (Wildman–Crippen LogP) is 3.56. The van der Waals surface area contributed by atoms with Crippen LogP contribution in [0.3, 0.4) is 0 Å². The molecular weight excluding hydrogens is 340 g/mol. The van der Waals surface area contributed by atoms with Crippen molar-refractivity contribution in [1.29, 1.82) is 0 Å². The number of nitrogen functional groups attached to an aromatic ring is 1.